The second kappa shape index (κ2) is 13.1. The van der Waals surface area contributed by atoms with Crippen LogP contribution in [0.25, 0.3) is 0 Å². The highest BCUT2D eigenvalue weighted by Crippen LogP contribution is 2.26. The van der Waals surface area contributed by atoms with Crippen molar-refractivity contribution in [2.45, 2.75) is 51.7 Å². The summed E-state index contributed by atoms with van der Waals surface area (Å²) in [6.45, 7) is 4.25. The van der Waals surface area contributed by atoms with Crippen molar-refractivity contribution in [3.05, 3.63) is 104 Å². The molecule has 35 heavy (non-hydrogen) atoms. The van der Waals surface area contributed by atoms with Crippen LogP contribution in [0, 0.1) is 0 Å². The smallest absolute Gasteiger partial charge is 0.243 e. The Kier molecular flexibility index (Phi) is 10.2. The molecule has 3 aromatic carbocycles. The van der Waals surface area contributed by atoms with Gasteiger partial charge in [0.1, 0.15) is 6.04 Å². The number of benzene rings is 3. The quantitative estimate of drug-likeness (QED) is 0.287. The van der Waals surface area contributed by atoms with Crippen molar-refractivity contribution < 1.29 is 9.59 Å². The van der Waals surface area contributed by atoms with Gasteiger partial charge in [-0.05, 0) is 54.3 Å². The van der Waals surface area contributed by atoms with E-state index in [9.17, 15) is 9.59 Å². The number of nitrogens with one attached hydrogen (secondary N) is 1. The number of hydrogen-bond donors (Lipinski definition) is 1. The van der Waals surface area contributed by atoms with E-state index in [0.29, 0.717) is 22.0 Å². The third-order valence-electron chi connectivity index (χ3n) is 5.93. The van der Waals surface area contributed by atoms with Gasteiger partial charge < -0.3 is 10.2 Å². The molecule has 1 N–H and O–H groups in total. The number of amides is 2. The summed E-state index contributed by atoms with van der Waals surface area (Å²) in [4.78, 5) is 29.0. The molecule has 0 unspecified atom stereocenters. The van der Waals surface area contributed by atoms with Crippen LogP contribution in [0.15, 0.2) is 77.3 Å². The Morgan fingerprint density at radius 2 is 1.54 bits per heavy atom. The van der Waals surface area contributed by atoms with Gasteiger partial charge in [0.25, 0.3) is 0 Å². The molecule has 7 heteroatoms. The topological polar surface area (TPSA) is 49.4 Å². The number of carbonyl (C=O) groups excluding carboxylic acids is 2. The van der Waals surface area contributed by atoms with Crippen LogP contribution >= 0.6 is 39.1 Å². The Morgan fingerprint density at radius 3 is 2.14 bits per heavy atom. The first-order valence-corrected chi connectivity index (χ1v) is 13.1. The number of halogens is 3. The Bertz CT molecular complexity index is 1120. The van der Waals surface area contributed by atoms with E-state index in [1.165, 1.54) is 0 Å². The van der Waals surface area contributed by atoms with E-state index >= 15 is 0 Å². The fraction of sp³-hybridized carbons (Fsp3) is 0.286. The van der Waals surface area contributed by atoms with Crippen molar-refractivity contribution in [1.82, 2.24) is 10.2 Å². The van der Waals surface area contributed by atoms with Crippen LogP contribution < -0.4 is 5.32 Å². The van der Waals surface area contributed by atoms with Crippen molar-refractivity contribution in [3.63, 3.8) is 0 Å². The normalized spacial score (nSPS) is 12.6. The summed E-state index contributed by atoms with van der Waals surface area (Å²) in [7, 11) is 0. The molecule has 0 bridgehead atoms. The molecule has 184 valence electrons. The van der Waals surface area contributed by atoms with E-state index in [-0.39, 0.29) is 30.8 Å². The highest BCUT2D eigenvalue weighted by Gasteiger charge is 2.31. The molecule has 0 aliphatic carbocycles. The van der Waals surface area contributed by atoms with Crippen molar-refractivity contribution in [3.8, 4) is 0 Å². The van der Waals surface area contributed by atoms with Gasteiger partial charge in [-0.2, -0.15) is 0 Å². The molecule has 0 saturated heterocycles. The average Bonchev–Trinajstić information content (AvgIpc) is 2.85. The predicted molar refractivity (Wildman–Crippen MR) is 147 cm³/mol. The number of hydrogen-bond acceptors (Lipinski definition) is 2. The SMILES string of the molecule is CC[C@H](C)NC(=O)[C@H](Cc1ccccc1)N(Cc1ccc(Br)cc1)C(=O)Cc1c(Cl)cccc1Cl. The zero-order valence-electron chi connectivity index (χ0n) is 19.8. The molecule has 0 saturated carbocycles. The fourth-order valence-corrected chi connectivity index (χ4v) is 4.53. The second-order valence-electron chi connectivity index (χ2n) is 8.55. The van der Waals surface area contributed by atoms with Crippen LogP contribution in [0.5, 0.6) is 0 Å². The number of nitrogens with zero attached hydrogens (tertiary/aromatic N) is 1. The molecule has 2 atom stereocenters. The summed E-state index contributed by atoms with van der Waals surface area (Å²) >= 11 is 16.2. The minimum Gasteiger partial charge on any atom is -0.352 e. The molecule has 3 aromatic rings. The monoisotopic (exact) mass is 574 g/mol. The van der Waals surface area contributed by atoms with E-state index in [1.54, 1.807) is 23.1 Å². The maximum Gasteiger partial charge on any atom is 0.243 e. The summed E-state index contributed by atoms with van der Waals surface area (Å²) in [5, 5.41) is 3.93. The van der Waals surface area contributed by atoms with Crippen molar-refractivity contribution in [2.24, 2.45) is 0 Å². The Labute approximate surface area is 225 Å². The van der Waals surface area contributed by atoms with E-state index in [2.05, 4.69) is 21.2 Å². The molecule has 0 aliphatic heterocycles. The summed E-state index contributed by atoms with van der Waals surface area (Å²) in [6.07, 6.45) is 1.18. The van der Waals surface area contributed by atoms with E-state index in [4.69, 9.17) is 23.2 Å². The lowest BCUT2D eigenvalue weighted by Crippen LogP contribution is -2.52. The lowest BCUT2D eigenvalue weighted by Gasteiger charge is -2.32. The molecule has 0 aliphatic rings. The maximum absolute atomic E-state index is 13.8. The van der Waals surface area contributed by atoms with Crippen molar-refractivity contribution >= 4 is 50.9 Å². The first kappa shape index (κ1) is 27.3. The fourth-order valence-electron chi connectivity index (χ4n) is 3.74. The minimum atomic E-state index is -0.705. The highest BCUT2D eigenvalue weighted by atomic mass is 79.9. The second-order valence-corrected chi connectivity index (χ2v) is 10.3. The first-order valence-electron chi connectivity index (χ1n) is 11.6. The zero-order chi connectivity index (χ0) is 25.4. The van der Waals surface area contributed by atoms with Gasteiger partial charge in [0.05, 0.1) is 6.42 Å². The van der Waals surface area contributed by atoms with Crippen LogP contribution in [0.2, 0.25) is 10.0 Å². The van der Waals surface area contributed by atoms with E-state index < -0.39 is 6.04 Å². The van der Waals surface area contributed by atoms with Gasteiger partial charge in [0.2, 0.25) is 11.8 Å². The van der Waals surface area contributed by atoms with Gasteiger partial charge in [-0.25, -0.2) is 0 Å². The summed E-state index contributed by atoms with van der Waals surface area (Å²) in [5.74, 6) is -0.401. The maximum atomic E-state index is 13.8. The van der Waals surface area contributed by atoms with Crippen LogP contribution in [0.4, 0.5) is 0 Å². The molecule has 3 rings (SSSR count). The van der Waals surface area contributed by atoms with Gasteiger partial charge in [0, 0.05) is 33.5 Å². The first-order chi connectivity index (χ1) is 16.8. The number of rotatable bonds is 10. The summed E-state index contributed by atoms with van der Waals surface area (Å²) in [5.41, 5.74) is 2.45. The Morgan fingerprint density at radius 1 is 0.914 bits per heavy atom. The van der Waals surface area contributed by atoms with Crippen LogP contribution in [0.1, 0.15) is 37.0 Å². The lowest BCUT2D eigenvalue weighted by atomic mass is 10.0. The van der Waals surface area contributed by atoms with Gasteiger partial charge in [-0.15, -0.1) is 0 Å². The van der Waals surface area contributed by atoms with Gasteiger partial charge in [-0.1, -0.05) is 94.6 Å². The van der Waals surface area contributed by atoms with Crippen molar-refractivity contribution in [2.75, 3.05) is 0 Å². The summed E-state index contributed by atoms with van der Waals surface area (Å²) in [6, 6.07) is 21.9. The third kappa shape index (κ3) is 7.83. The highest BCUT2D eigenvalue weighted by molar-refractivity contribution is 9.10. The van der Waals surface area contributed by atoms with Gasteiger partial charge in [0.15, 0.2) is 0 Å². The molecule has 0 heterocycles. The van der Waals surface area contributed by atoms with Crippen molar-refractivity contribution in [1.29, 1.82) is 0 Å². The summed E-state index contributed by atoms with van der Waals surface area (Å²) < 4.78 is 0.942. The third-order valence-corrected chi connectivity index (χ3v) is 7.16. The Balaban J connectivity index is 2.00. The molecule has 0 radical (unpaired) electrons. The molecule has 0 aromatic heterocycles. The predicted octanol–water partition coefficient (Wildman–Crippen LogP) is 6.85. The van der Waals surface area contributed by atoms with E-state index in [1.807, 2.05) is 68.4 Å². The molecule has 0 fully saturated rings. The minimum absolute atomic E-state index is 0.00304. The lowest BCUT2D eigenvalue weighted by molar-refractivity contribution is -0.141. The molecule has 4 nitrogen and oxygen atoms in total. The number of carbonyl (C=O) groups is 2. The van der Waals surface area contributed by atoms with Crippen LogP contribution in [0.3, 0.4) is 0 Å². The molecular formula is C28H29BrCl2N2O2. The standard InChI is InChI=1S/C28H29BrCl2N2O2/c1-3-19(2)32-28(35)26(16-20-8-5-4-6-9-20)33(18-21-12-14-22(29)15-13-21)27(34)17-23-24(30)10-7-11-25(23)31/h4-15,19,26H,3,16-18H2,1-2H3,(H,32,35)/t19-,26-/m0/s1. The Hall–Kier alpha value is -2.34. The van der Waals surface area contributed by atoms with Crippen LogP contribution in [-0.2, 0) is 29.0 Å². The van der Waals surface area contributed by atoms with Gasteiger partial charge in [-0.3, -0.25) is 9.59 Å². The molecule has 2 amide bonds. The van der Waals surface area contributed by atoms with E-state index in [0.717, 1.165) is 22.0 Å². The largest absolute Gasteiger partial charge is 0.352 e. The average molecular weight is 576 g/mol. The van der Waals surface area contributed by atoms with Crippen LogP contribution in [-0.4, -0.2) is 28.8 Å². The van der Waals surface area contributed by atoms with Gasteiger partial charge >= 0.3 is 0 Å². The molecule has 0 spiro atoms. The molecular weight excluding hydrogens is 547 g/mol. The zero-order valence-corrected chi connectivity index (χ0v) is 22.9.